The summed E-state index contributed by atoms with van der Waals surface area (Å²) in [4.78, 5) is 12.9. The van der Waals surface area contributed by atoms with Gasteiger partial charge in [0.15, 0.2) is 5.82 Å². The molecular weight excluding hydrogens is 314 g/mol. The lowest BCUT2D eigenvalue weighted by atomic mass is 10.0. The van der Waals surface area contributed by atoms with Crippen LogP contribution in [0.5, 0.6) is 0 Å². The average Bonchev–Trinajstić information content (AvgIpc) is 3.09. The van der Waals surface area contributed by atoms with Crippen LogP contribution in [0.1, 0.15) is 47.1 Å². The number of fused-ring (bicyclic) bond motifs is 1. The van der Waals surface area contributed by atoms with E-state index >= 15 is 0 Å². The summed E-state index contributed by atoms with van der Waals surface area (Å²) in [7, 11) is 0. The minimum atomic E-state index is -0.199. The molecular formula is C20H23N3O2. The normalized spacial score (nSPS) is 11.2. The van der Waals surface area contributed by atoms with E-state index in [0.717, 1.165) is 16.5 Å². The fourth-order valence-corrected chi connectivity index (χ4v) is 3.11. The van der Waals surface area contributed by atoms with Crippen molar-refractivity contribution in [1.29, 1.82) is 0 Å². The first kappa shape index (κ1) is 17.0. The van der Waals surface area contributed by atoms with Crippen LogP contribution >= 0.6 is 0 Å². The number of anilines is 1. The van der Waals surface area contributed by atoms with Crippen molar-refractivity contribution in [3.63, 3.8) is 0 Å². The van der Waals surface area contributed by atoms with E-state index in [1.54, 1.807) is 19.1 Å². The minimum Gasteiger partial charge on any atom is -0.360 e. The second-order valence-electron chi connectivity index (χ2n) is 6.58. The largest absolute Gasteiger partial charge is 0.360 e. The van der Waals surface area contributed by atoms with E-state index in [-0.39, 0.29) is 5.91 Å². The van der Waals surface area contributed by atoms with Crippen molar-refractivity contribution >= 4 is 22.6 Å². The van der Waals surface area contributed by atoms with Gasteiger partial charge in [0.25, 0.3) is 5.91 Å². The zero-order valence-electron chi connectivity index (χ0n) is 15.1. The molecule has 0 radical (unpaired) electrons. The maximum atomic E-state index is 12.9. The minimum absolute atomic E-state index is 0.199. The molecule has 5 nitrogen and oxygen atoms in total. The van der Waals surface area contributed by atoms with Crippen LogP contribution < -0.4 is 5.32 Å². The Labute approximate surface area is 147 Å². The molecule has 2 aromatic heterocycles. The summed E-state index contributed by atoms with van der Waals surface area (Å²) in [5.41, 5.74) is 3.86. The van der Waals surface area contributed by atoms with Crippen LogP contribution in [0.3, 0.4) is 0 Å². The van der Waals surface area contributed by atoms with E-state index in [4.69, 9.17) is 4.52 Å². The fraction of sp³-hybridized carbons (Fsp3) is 0.300. The number of nitrogens with one attached hydrogen (secondary N) is 1. The van der Waals surface area contributed by atoms with Gasteiger partial charge in [-0.1, -0.05) is 31.1 Å². The number of carbonyl (C=O) groups is 1. The zero-order valence-corrected chi connectivity index (χ0v) is 15.1. The van der Waals surface area contributed by atoms with Crippen molar-refractivity contribution in [1.82, 2.24) is 9.72 Å². The molecule has 0 aliphatic heterocycles. The van der Waals surface area contributed by atoms with Gasteiger partial charge in [-0.25, -0.2) is 0 Å². The third-order valence-corrected chi connectivity index (χ3v) is 4.40. The summed E-state index contributed by atoms with van der Waals surface area (Å²) >= 11 is 0. The summed E-state index contributed by atoms with van der Waals surface area (Å²) in [5.74, 6) is 1.30. The third-order valence-electron chi connectivity index (χ3n) is 4.40. The summed E-state index contributed by atoms with van der Waals surface area (Å²) in [5, 5.41) is 7.75. The zero-order chi connectivity index (χ0) is 18.1. The first-order valence-electron chi connectivity index (χ1n) is 8.40. The molecule has 1 N–H and O–H groups in total. The first-order chi connectivity index (χ1) is 11.9. The third kappa shape index (κ3) is 3.09. The number of rotatable bonds is 5. The Bertz CT molecular complexity index is 947. The Morgan fingerprint density at radius 3 is 2.72 bits per heavy atom. The molecule has 0 unspecified atom stereocenters. The molecule has 0 saturated carbocycles. The molecule has 0 fully saturated rings. The predicted molar refractivity (Wildman–Crippen MR) is 100 cm³/mol. The van der Waals surface area contributed by atoms with Gasteiger partial charge in [0.05, 0.1) is 0 Å². The lowest BCUT2D eigenvalue weighted by Gasteiger charge is -2.09. The van der Waals surface area contributed by atoms with Gasteiger partial charge in [0.2, 0.25) is 0 Å². The van der Waals surface area contributed by atoms with E-state index in [1.807, 2.05) is 11.5 Å². The molecule has 1 amide bonds. The van der Waals surface area contributed by atoms with E-state index in [2.05, 4.69) is 49.1 Å². The van der Waals surface area contributed by atoms with Crippen molar-refractivity contribution in [3.8, 4) is 0 Å². The topological polar surface area (TPSA) is 60.1 Å². The smallest absolute Gasteiger partial charge is 0.273 e. The molecule has 1 aromatic carbocycles. The molecule has 130 valence electrons. The quantitative estimate of drug-likeness (QED) is 0.680. The van der Waals surface area contributed by atoms with Crippen LogP contribution in [0.4, 0.5) is 5.82 Å². The molecule has 0 atom stereocenters. The Balaban J connectivity index is 2.11. The molecule has 25 heavy (non-hydrogen) atoms. The monoisotopic (exact) mass is 337 g/mol. The van der Waals surface area contributed by atoms with Crippen molar-refractivity contribution in [2.75, 3.05) is 5.32 Å². The van der Waals surface area contributed by atoms with E-state index in [0.29, 0.717) is 29.7 Å². The molecule has 0 aliphatic rings. The Kier molecular flexibility index (Phi) is 4.49. The number of aromatic nitrogens is 2. The van der Waals surface area contributed by atoms with Crippen molar-refractivity contribution < 1.29 is 9.32 Å². The molecule has 0 spiro atoms. The second kappa shape index (κ2) is 6.59. The summed E-state index contributed by atoms with van der Waals surface area (Å²) < 4.78 is 7.01. The highest BCUT2D eigenvalue weighted by atomic mass is 16.5. The van der Waals surface area contributed by atoms with Crippen molar-refractivity contribution in [3.05, 3.63) is 59.5 Å². The number of hydrogen-bond donors (Lipinski definition) is 1. The number of amides is 1. The SMILES string of the molecule is C=CCn1c(C(=O)Nc2cc(C)on2)c(C)c2cc(C(C)C)ccc21. The van der Waals surface area contributed by atoms with Crippen molar-refractivity contribution in [2.45, 2.75) is 40.2 Å². The summed E-state index contributed by atoms with van der Waals surface area (Å²) in [6.07, 6.45) is 1.80. The first-order valence-corrected chi connectivity index (χ1v) is 8.40. The molecule has 3 aromatic rings. The van der Waals surface area contributed by atoms with Crippen LogP contribution in [-0.4, -0.2) is 15.6 Å². The van der Waals surface area contributed by atoms with Gasteiger partial charge in [-0.15, -0.1) is 6.58 Å². The molecule has 0 bridgehead atoms. The maximum Gasteiger partial charge on any atom is 0.273 e. The van der Waals surface area contributed by atoms with E-state index in [9.17, 15) is 4.79 Å². The molecule has 0 saturated heterocycles. The van der Waals surface area contributed by atoms with E-state index in [1.165, 1.54) is 5.56 Å². The number of allylic oxidation sites excluding steroid dienone is 1. The number of benzene rings is 1. The highest BCUT2D eigenvalue weighted by Gasteiger charge is 2.21. The highest BCUT2D eigenvalue weighted by molar-refractivity contribution is 6.08. The standard InChI is InChI=1S/C20H23N3O2/c1-6-9-23-17-8-7-15(12(2)3)11-16(17)14(5)19(23)20(24)21-18-10-13(4)25-22-18/h6-8,10-12H,1,9H2,2-5H3,(H,21,22,24). The lowest BCUT2D eigenvalue weighted by Crippen LogP contribution is -2.18. The van der Waals surface area contributed by atoms with Gasteiger partial charge in [-0.05, 0) is 43.0 Å². The molecule has 3 rings (SSSR count). The van der Waals surface area contributed by atoms with Crippen molar-refractivity contribution in [2.24, 2.45) is 0 Å². The summed E-state index contributed by atoms with van der Waals surface area (Å²) in [6.45, 7) is 12.5. The average molecular weight is 337 g/mol. The second-order valence-corrected chi connectivity index (χ2v) is 6.58. The number of carbonyl (C=O) groups excluding carboxylic acids is 1. The molecule has 5 heteroatoms. The van der Waals surface area contributed by atoms with Gasteiger partial charge in [0, 0.05) is 23.5 Å². The number of aryl methyl sites for hydroxylation is 2. The van der Waals surface area contributed by atoms with Gasteiger partial charge in [0.1, 0.15) is 11.5 Å². The van der Waals surface area contributed by atoms with Crippen LogP contribution in [0, 0.1) is 13.8 Å². The van der Waals surface area contributed by atoms with Gasteiger partial charge in [-0.3, -0.25) is 4.79 Å². The van der Waals surface area contributed by atoms with Gasteiger partial charge >= 0.3 is 0 Å². The van der Waals surface area contributed by atoms with Crippen LogP contribution in [0.15, 0.2) is 41.4 Å². The fourth-order valence-electron chi connectivity index (χ4n) is 3.11. The lowest BCUT2D eigenvalue weighted by molar-refractivity contribution is 0.101. The highest BCUT2D eigenvalue weighted by Crippen LogP contribution is 2.29. The summed E-state index contributed by atoms with van der Waals surface area (Å²) in [6, 6.07) is 8.07. The Morgan fingerprint density at radius 2 is 2.12 bits per heavy atom. The Morgan fingerprint density at radius 1 is 1.36 bits per heavy atom. The maximum absolute atomic E-state index is 12.9. The number of hydrogen-bond acceptors (Lipinski definition) is 3. The van der Waals surface area contributed by atoms with E-state index < -0.39 is 0 Å². The van der Waals surface area contributed by atoms with Gasteiger partial charge in [-0.2, -0.15) is 0 Å². The molecule has 0 aliphatic carbocycles. The van der Waals surface area contributed by atoms with Crippen LogP contribution in [-0.2, 0) is 6.54 Å². The number of nitrogens with zero attached hydrogens (tertiary/aromatic N) is 2. The van der Waals surface area contributed by atoms with Gasteiger partial charge < -0.3 is 14.4 Å². The van der Waals surface area contributed by atoms with Crippen LogP contribution in [0.25, 0.3) is 10.9 Å². The molecule has 2 heterocycles. The predicted octanol–water partition coefficient (Wildman–Crippen LogP) is 4.81. The Hall–Kier alpha value is -2.82. The van der Waals surface area contributed by atoms with Crippen LogP contribution in [0.2, 0.25) is 0 Å².